The zero-order valence-electron chi connectivity index (χ0n) is 14.9. The molecule has 1 fully saturated rings. The average Bonchev–Trinajstić information content (AvgIpc) is 2.61. The quantitative estimate of drug-likeness (QED) is 0.427. The van der Waals surface area contributed by atoms with E-state index in [9.17, 15) is 4.79 Å². The van der Waals surface area contributed by atoms with Crippen LogP contribution in [0.25, 0.3) is 0 Å². The van der Waals surface area contributed by atoms with E-state index in [0.29, 0.717) is 11.5 Å². The Bertz CT molecular complexity index is 455. The number of carbonyl (C=O) groups excluding carboxylic acids is 1. The van der Waals surface area contributed by atoms with Gasteiger partial charge in [0.15, 0.2) is 0 Å². The molecule has 1 aromatic rings. The number of esters is 1. The van der Waals surface area contributed by atoms with Crippen LogP contribution in [-0.2, 0) is 4.74 Å². The lowest BCUT2D eigenvalue weighted by Crippen LogP contribution is -2.13. The fourth-order valence-electron chi connectivity index (χ4n) is 3.83. The Morgan fingerprint density at radius 3 is 2.26 bits per heavy atom. The third-order valence-electron chi connectivity index (χ3n) is 5.37. The van der Waals surface area contributed by atoms with Crippen molar-refractivity contribution in [2.75, 3.05) is 7.11 Å². The first-order chi connectivity index (χ1) is 11.2. The smallest absolute Gasteiger partial charge is 0.337 e. The van der Waals surface area contributed by atoms with Crippen LogP contribution in [0.15, 0.2) is 24.3 Å². The van der Waals surface area contributed by atoms with Gasteiger partial charge < -0.3 is 4.74 Å². The Morgan fingerprint density at radius 1 is 1.00 bits per heavy atom. The van der Waals surface area contributed by atoms with E-state index in [-0.39, 0.29) is 5.97 Å². The van der Waals surface area contributed by atoms with Gasteiger partial charge in [0.25, 0.3) is 0 Å². The first-order valence-corrected chi connectivity index (χ1v) is 9.42. The van der Waals surface area contributed by atoms with Gasteiger partial charge >= 0.3 is 5.97 Å². The van der Waals surface area contributed by atoms with E-state index in [1.165, 1.54) is 76.9 Å². The molecule has 2 heteroatoms. The molecule has 0 N–H and O–H groups in total. The molecule has 1 saturated carbocycles. The predicted octanol–water partition coefficient (Wildman–Crippen LogP) is 6.11. The second-order valence-electron chi connectivity index (χ2n) is 7.03. The fourth-order valence-corrected chi connectivity index (χ4v) is 3.83. The molecule has 1 aromatic carbocycles. The van der Waals surface area contributed by atoms with E-state index >= 15 is 0 Å². The van der Waals surface area contributed by atoms with Crippen LogP contribution < -0.4 is 0 Å². The number of carbonyl (C=O) groups is 1. The van der Waals surface area contributed by atoms with Gasteiger partial charge in [-0.25, -0.2) is 4.79 Å². The molecule has 0 aromatic heterocycles. The second-order valence-corrected chi connectivity index (χ2v) is 7.03. The van der Waals surface area contributed by atoms with Crippen LogP contribution in [0.4, 0.5) is 0 Å². The summed E-state index contributed by atoms with van der Waals surface area (Å²) in [5.74, 6) is 1.38. The molecule has 1 aliphatic carbocycles. The Hall–Kier alpha value is -1.31. The van der Waals surface area contributed by atoms with Crippen molar-refractivity contribution in [1.82, 2.24) is 0 Å². The molecule has 0 atom stereocenters. The molecule has 2 nitrogen and oxygen atoms in total. The minimum absolute atomic E-state index is 0.247. The van der Waals surface area contributed by atoms with Crippen LogP contribution in [-0.4, -0.2) is 13.1 Å². The molecule has 0 aliphatic heterocycles. The van der Waals surface area contributed by atoms with Gasteiger partial charge in [-0.15, -0.1) is 0 Å². The highest BCUT2D eigenvalue weighted by Gasteiger charge is 2.22. The molecule has 0 bridgehead atoms. The van der Waals surface area contributed by atoms with E-state index in [0.717, 1.165) is 5.92 Å². The average molecular weight is 316 g/mol. The predicted molar refractivity (Wildman–Crippen MR) is 95.9 cm³/mol. The van der Waals surface area contributed by atoms with Crippen molar-refractivity contribution in [2.45, 2.75) is 77.0 Å². The summed E-state index contributed by atoms with van der Waals surface area (Å²) in [4.78, 5) is 11.5. The van der Waals surface area contributed by atoms with Gasteiger partial charge in [-0.1, -0.05) is 57.6 Å². The molecule has 128 valence electrons. The van der Waals surface area contributed by atoms with E-state index in [4.69, 9.17) is 4.74 Å². The van der Waals surface area contributed by atoms with Gasteiger partial charge in [0.1, 0.15) is 0 Å². The van der Waals surface area contributed by atoms with E-state index < -0.39 is 0 Å². The summed E-state index contributed by atoms with van der Waals surface area (Å²) in [7, 11) is 1.43. The third kappa shape index (κ3) is 5.67. The third-order valence-corrected chi connectivity index (χ3v) is 5.37. The molecular weight excluding hydrogens is 284 g/mol. The summed E-state index contributed by atoms with van der Waals surface area (Å²) in [5.41, 5.74) is 2.04. The minimum Gasteiger partial charge on any atom is -0.465 e. The number of unbranched alkanes of at least 4 members (excludes halogenated alkanes) is 4. The molecule has 0 saturated heterocycles. The summed E-state index contributed by atoms with van der Waals surface area (Å²) < 4.78 is 4.76. The van der Waals surface area contributed by atoms with Crippen LogP contribution in [0.3, 0.4) is 0 Å². The highest BCUT2D eigenvalue weighted by atomic mass is 16.5. The van der Waals surface area contributed by atoms with Crippen molar-refractivity contribution in [2.24, 2.45) is 5.92 Å². The largest absolute Gasteiger partial charge is 0.465 e. The summed E-state index contributed by atoms with van der Waals surface area (Å²) in [6.45, 7) is 2.28. The van der Waals surface area contributed by atoms with Crippen LogP contribution >= 0.6 is 0 Å². The standard InChI is InChI=1S/C21H32O2/c1-3-4-5-6-7-8-17-9-11-18(12-10-17)19-13-15-20(16-14-19)21(22)23-2/h13-18H,3-12H2,1-2H3/t17-,18-. The molecule has 0 spiro atoms. The first-order valence-electron chi connectivity index (χ1n) is 9.42. The fraction of sp³-hybridized carbons (Fsp3) is 0.667. The summed E-state index contributed by atoms with van der Waals surface area (Å²) >= 11 is 0. The summed E-state index contributed by atoms with van der Waals surface area (Å²) in [6, 6.07) is 8.03. The van der Waals surface area contributed by atoms with Crippen molar-refractivity contribution in [1.29, 1.82) is 0 Å². The van der Waals surface area contributed by atoms with Crippen molar-refractivity contribution >= 4 is 5.97 Å². The molecule has 2 rings (SSSR count). The number of methoxy groups -OCH3 is 1. The van der Waals surface area contributed by atoms with Crippen molar-refractivity contribution in [3.63, 3.8) is 0 Å². The minimum atomic E-state index is -0.247. The Morgan fingerprint density at radius 2 is 1.65 bits per heavy atom. The molecule has 0 amide bonds. The highest BCUT2D eigenvalue weighted by Crippen LogP contribution is 2.37. The van der Waals surface area contributed by atoms with Gasteiger partial charge in [-0.05, 0) is 55.2 Å². The normalized spacial score (nSPS) is 21.1. The number of rotatable bonds is 8. The summed E-state index contributed by atoms with van der Waals surface area (Å²) in [5, 5.41) is 0. The van der Waals surface area contributed by atoms with Gasteiger partial charge in [-0.3, -0.25) is 0 Å². The van der Waals surface area contributed by atoms with Gasteiger partial charge in [0.2, 0.25) is 0 Å². The van der Waals surface area contributed by atoms with Gasteiger partial charge in [0, 0.05) is 0 Å². The molecule has 0 unspecified atom stereocenters. The Kier molecular flexibility index (Phi) is 7.64. The maximum absolute atomic E-state index is 11.5. The Labute approximate surface area is 141 Å². The Balaban J connectivity index is 1.72. The monoisotopic (exact) mass is 316 g/mol. The van der Waals surface area contributed by atoms with Gasteiger partial charge in [-0.2, -0.15) is 0 Å². The van der Waals surface area contributed by atoms with Crippen LogP contribution in [0.1, 0.15) is 93.0 Å². The van der Waals surface area contributed by atoms with E-state index in [2.05, 4.69) is 19.1 Å². The van der Waals surface area contributed by atoms with Crippen molar-refractivity contribution < 1.29 is 9.53 Å². The summed E-state index contributed by atoms with van der Waals surface area (Å²) in [6.07, 6.45) is 13.8. The van der Waals surface area contributed by atoms with Crippen LogP contribution in [0.2, 0.25) is 0 Å². The van der Waals surface area contributed by atoms with Gasteiger partial charge in [0.05, 0.1) is 12.7 Å². The zero-order valence-corrected chi connectivity index (χ0v) is 14.9. The molecule has 1 aliphatic rings. The number of hydrogen-bond donors (Lipinski definition) is 0. The number of benzene rings is 1. The molecular formula is C21H32O2. The van der Waals surface area contributed by atoms with E-state index in [1.807, 2.05) is 12.1 Å². The maximum atomic E-state index is 11.5. The maximum Gasteiger partial charge on any atom is 0.337 e. The van der Waals surface area contributed by atoms with Crippen LogP contribution in [0, 0.1) is 5.92 Å². The molecule has 0 heterocycles. The lowest BCUT2D eigenvalue weighted by Gasteiger charge is -2.29. The molecule has 0 radical (unpaired) electrons. The SMILES string of the molecule is CCCCCCC[C@H]1CC[C@H](c2ccc(C(=O)OC)cc2)CC1. The lowest BCUT2D eigenvalue weighted by molar-refractivity contribution is 0.0600. The number of hydrogen-bond acceptors (Lipinski definition) is 2. The molecule has 23 heavy (non-hydrogen) atoms. The topological polar surface area (TPSA) is 26.3 Å². The number of ether oxygens (including phenoxy) is 1. The van der Waals surface area contributed by atoms with E-state index in [1.54, 1.807) is 0 Å². The van der Waals surface area contributed by atoms with Crippen molar-refractivity contribution in [3.8, 4) is 0 Å². The zero-order chi connectivity index (χ0) is 16.5. The highest BCUT2D eigenvalue weighted by molar-refractivity contribution is 5.89. The van der Waals surface area contributed by atoms with Crippen LogP contribution in [0.5, 0.6) is 0 Å². The lowest BCUT2D eigenvalue weighted by atomic mass is 9.77. The second kappa shape index (κ2) is 9.75. The van der Waals surface area contributed by atoms with Crippen molar-refractivity contribution in [3.05, 3.63) is 35.4 Å². The first kappa shape index (κ1) is 18.0.